The van der Waals surface area contributed by atoms with Gasteiger partial charge < -0.3 is 10.5 Å². The summed E-state index contributed by atoms with van der Waals surface area (Å²) in [5.74, 6) is -0.161. The fourth-order valence-corrected chi connectivity index (χ4v) is 3.48. The summed E-state index contributed by atoms with van der Waals surface area (Å²) in [5.41, 5.74) is 5.97. The molecule has 6 nitrogen and oxygen atoms in total. The predicted molar refractivity (Wildman–Crippen MR) is 86.2 cm³/mol. The second kappa shape index (κ2) is 7.26. The maximum Gasteiger partial charge on any atom is 0.243 e. The minimum absolute atomic E-state index is 0.0676. The van der Waals surface area contributed by atoms with Crippen molar-refractivity contribution in [2.45, 2.75) is 11.4 Å². The van der Waals surface area contributed by atoms with Crippen LogP contribution in [0.1, 0.15) is 5.56 Å². The van der Waals surface area contributed by atoms with Gasteiger partial charge in [-0.05, 0) is 29.8 Å². The number of primary amides is 1. The second-order valence-electron chi connectivity index (χ2n) is 4.90. The first-order chi connectivity index (χ1) is 10.9. The van der Waals surface area contributed by atoms with Crippen molar-refractivity contribution in [2.75, 3.05) is 13.7 Å². The summed E-state index contributed by atoms with van der Waals surface area (Å²) in [6.45, 7) is -0.318. The molecule has 0 aliphatic heterocycles. The van der Waals surface area contributed by atoms with Crippen LogP contribution in [0.2, 0.25) is 0 Å². The zero-order valence-corrected chi connectivity index (χ0v) is 13.5. The fraction of sp³-hybridized carbons (Fsp3) is 0.188. The molecule has 2 aromatic rings. The highest BCUT2D eigenvalue weighted by Gasteiger charge is 2.26. The number of carbonyl (C=O) groups excluding carboxylic acids is 1. The summed E-state index contributed by atoms with van der Waals surface area (Å²) >= 11 is 0. The van der Waals surface area contributed by atoms with Crippen LogP contribution >= 0.6 is 0 Å². The summed E-state index contributed by atoms with van der Waals surface area (Å²) in [6, 6.07) is 15.0. The van der Waals surface area contributed by atoms with E-state index in [1.54, 1.807) is 36.4 Å². The van der Waals surface area contributed by atoms with Crippen molar-refractivity contribution in [1.82, 2.24) is 4.31 Å². The summed E-state index contributed by atoms with van der Waals surface area (Å²) in [4.78, 5) is 11.4. The van der Waals surface area contributed by atoms with E-state index in [0.717, 1.165) is 9.87 Å². The Kier molecular flexibility index (Phi) is 5.36. The van der Waals surface area contributed by atoms with Gasteiger partial charge in [0.1, 0.15) is 5.75 Å². The van der Waals surface area contributed by atoms with Crippen LogP contribution in [0.4, 0.5) is 0 Å². The van der Waals surface area contributed by atoms with Crippen LogP contribution < -0.4 is 10.5 Å². The lowest BCUT2D eigenvalue weighted by Gasteiger charge is -2.21. The number of benzene rings is 2. The average Bonchev–Trinajstić information content (AvgIpc) is 2.55. The van der Waals surface area contributed by atoms with Crippen LogP contribution in [0.5, 0.6) is 5.75 Å². The molecule has 0 spiro atoms. The molecule has 0 atom stereocenters. The molecule has 0 heterocycles. The van der Waals surface area contributed by atoms with Gasteiger partial charge in [0.2, 0.25) is 15.9 Å². The Hall–Kier alpha value is -2.38. The van der Waals surface area contributed by atoms with Gasteiger partial charge in [-0.3, -0.25) is 4.79 Å². The van der Waals surface area contributed by atoms with Crippen LogP contribution in [-0.2, 0) is 21.4 Å². The molecule has 0 aromatic heterocycles. The topological polar surface area (TPSA) is 89.7 Å². The molecular weight excluding hydrogens is 316 g/mol. The maximum absolute atomic E-state index is 12.7. The first kappa shape index (κ1) is 17.0. The first-order valence-electron chi connectivity index (χ1n) is 6.90. The minimum atomic E-state index is -3.84. The molecule has 0 radical (unpaired) electrons. The quantitative estimate of drug-likeness (QED) is 0.828. The van der Waals surface area contributed by atoms with E-state index in [4.69, 9.17) is 10.5 Å². The summed E-state index contributed by atoms with van der Waals surface area (Å²) in [7, 11) is -2.34. The monoisotopic (exact) mass is 334 g/mol. The highest BCUT2D eigenvalue weighted by atomic mass is 32.2. The molecular formula is C16H18N2O4S. The zero-order valence-electron chi connectivity index (χ0n) is 12.7. The standard InChI is InChI=1S/C16H18N2O4S/c1-22-14-7-9-15(10-8-14)23(20,21)18(12-16(17)19)11-13-5-3-2-4-6-13/h2-10H,11-12H2,1H3,(H2,17,19). The molecule has 2 N–H and O–H groups in total. The van der Waals surface area contributed by atoms with Crippen molar-refractivity contribution in [2.24, 2.45) is 5.73 Å². The molecule has 7 heteroatoms. The normalized spacial score (nSPS) is 11.4. The SMILES string of the molecule is COc1ccc(S(=O)(=O)N(CC(N)=O)Cc2ccccc2)cc1. The molecule has 0 aliphatic carbocycles. The van der Waals surface area contributed by atoms with Gasteiger partial charge in [0.05, 0.1) is 18.6 Å². The Morgan fingerprint density at radius 2 is 1.70 bits per heavy atom. The number of amides is 1. The molecule has 0 fully saturated rings. The number of nitrogens with two attached hydrogens (primary N) is 1. The number of carbonyl (C=O) groups is 1. The molecule has 2 rings (SSSR count). The second-order valence-corrected chi connectivity index (χ2v) is 6.84. The van der Waals surface area contributed by atoms with E-state index in [1.807, 2.05) is 6.07 Å². The average molecular weight is 334 g/mol. The molecule has 1 amide bonds. The van der Waals surface area contributed by atoms with Crippen LogP contribution in [-0.4, -0.2) is 32.3 Å². The Bertz CT molecular complexity index is 758. The van der Waals surface area contributed by atoms with Gasteiger partial charge in [-0.1, -0.05) is 30.3 Å². The van der Waals surface area contributed by atoms with Gasteiger partial charge in [-0.2, -0.15) is 4.31 Å². The van der Waals surface area contributed by atoms with E-state index in [2.05, 4.69) is 0 Å². The van der Waals surface area contributed by atoms with Crippen LogP contribution in [0.15, 0.2) is 59.5 Å². The zero-order chi connectivity index (χ0) is 16.9. The van der Waals surface area contributed by atoms with Crippen molar-refractivity contribution < 1.29 is 17.9 Å². The van der Waals surface area contributed by atoms with Crippen LogP contribution in [0, 0.1) is 0 Å². The largest absolute Gasteiger partial charge is 0.497 e. The molecule has 0 bridgehead atoms. The third kappa shape index (κ3) is 4.30. The maximum atomic E-state index is 12.7. The number of hydrogen-bond acceptors (Lipinski definition) is 4. The lowest BCUT2D eigenvalue weighted by molar-refractivity contribution is -0.118. The van der Waals surface area contributed by atoms with E-state index < -0.39 is 15.9 Å². The van der Waals surface area contributed by atoms with Gasteiger partial charge in [0.15, 0.2) is 0 Å². The smallest absolute Gasteiger partial charge is 0.243 e. The lowest BCUT2D eigenvalue weighted by Crippen LogP contribution is -2.37. The lowest BCUT2D eigenvalue weighted by atomic mass is 10.2. The number of ether oxygens (including phenoxy) is 1. The highest BCUT2D eigenvalue weighted by molar-refractivity contribution is 7.89. The van der Waals surface area contributed by atoms with Gasteiger partial charge in [-0.25, -0.2) is 8.42 Å². The number of rotatable bonds is 7. The number of methoxy groups -OCH3 is 1. The third-order valence-corrected chi connectivity index (χ3v) is 5.04. The Labute approximate surface area is 135 Å². The van der Waals surface area contributed by atoms with E-state index in [1.165, 1.54) is 19.2 Å². The highest BCUT2D eigenvalue weighted by Crippen LogP contribution is 2.21. The molecule has 0 saturated carbocycles. The van der Waals surface area contributed by atoms with Crippen molar-refractivity contribution in [3.63, 3.8) is 0 Å². The first-order valence-corrected chi connectivity index (χ1v) is 8.34. The summed E-state index contributed by atoms with van der Waals surface area (Å²) in [5, 5.41) is 0. The van der Waals surface area contributed by atoms with Gasteiger partial charge in [0.25, 0.3) is 0 Å². The van der Waals surface area contributed by atoms with Crippen molar-refractivity contribution in [3.05, 3.63) is 60.2 Å². The number of sulfonamides is 1. The minimum Gasteiger partial charge on any atom is -0.497 e. The third-order valence-electron chi connectivity index (χ3n) is 3.23. The Balaban J connectivity index is 2.33. The Morgan fingerprint density at radius 3 is 2.22 bits per heavy atom. The number of nitrogens with zero attached hydrogens (tertiary/aromatic N) is 1. The van der Waals surface area contributed by atoms with Gasteiger partial charge in [-0.15, -0.1) is 0 Å². The van der Waals surface area contributed by atoms with E-state index >= 15 is 0 Å². The van der Waals surface area contributed by atoms with E-state index in [-0.39, 0.29) is 18.0 Å². The van der Waals surface area contributed by atoms with E-state index in [0.29, 0.717) is 5.75 Å². The van der Waals surface area contributed by atoms with Crippen molar-refractivity contribution in [3.8, 4) is 5.75 Å². The van der Waals surface area contributed by atoms with Gasteiger partial charge in [0, 0.05) is 6.54 Å². The summed E-state index contributed by atoms with van der Waals surface area (Å²) in [6.07, 6.45) is 0. The van der Waals surface area contributed by atoms with E-state index in [9.17, 15) is 13.2 Å². The molecule has 0 saturated heterocycles. The fourth-order valence-electron chi connectivity index (χ4n) is 2.08. The molecule has 0 unspecified atom stereocenters. The van der Waals surface area contributed by atoms with Crippen LogP contribution in [0.25, 0.3) is 0 Å². The molecule has 23 heavy (non-hydrogen) atoms. The van der Waals surface area contributed by atoms with Crippen molar-refractivity contribution >= 4 is 15.9 Å². The predicted octanol–water partition coefficient (Wildman–Crippen LogP) is 1.37. The van der Waals surface area contributed by atoms with Crippen LogP contribution in [0.3, 0.4) is 0 Å². The number of hydrogen-bond donors (Lipinski definition) is 1. The molecule has 122 valence electrons. The van der Waals surface area contributed by atoms with Gasteiger partial charge >= 0.3 is 0 Å². The summed E-state index contributed by atoms with van der Waals surface area (Å²) < 4.78 is 31.6. The van der Waals surface area contributed by atoms with Crippen molar-refractivity contribution in [1.29, 1.82) is 0 Å². The molecule has 0 aliphatic rings. The molecule has 2 aromatic carbocycles. The Morgan fingerprint density at radius 1 is 1.09 bits per heavy atom.